The molecule has 7 aromatic carbocycles. The molecule has 0 bridgehead atoms. The van der Waals surface area contributed by atoms with Crippen molar-refractivity contribution in [3.63, 3.8) is 0 Å². The van der Waals surface area contributed by atoms with Crippen molar-refractivity contribution in [2.75, 3.05) is 0 Å². The first-order valence-electron chi connectivity index (χ1n) is 42.5. The van der Waals surface area contributed by atoms with Crippen molar-refractivity contribution in [1.29, 1.82) is 0 Å². The van der Waals surface area contributed by atoms with Gasteiger partial charge < -0.3 is 20.4 Å². The van der Waals surface area contributed by atoms with E-state index >= 15 is 20.4 Å². The second-order valence-corrected chi connectivity index (χ2v) is 49.6. The van der Waals surface area contributed by atoms with E-state index in [4.69, 9.17) is 0 Å². The molecule has 4 nitrogen and oxygen atoms in total. The van der Waals surface area contributed by atoms with Gasteiger partial charge in [-0.25, -0.2) is 0 Å². The highest BCUT2D eigenvalue weighted by Gasteiger charge is 2.82. The largest absolute Gasteiger partial charge is 0.387 e. The van der Waals surface area contributed by atoms with Gasteiger partial charge in [0, 0.05) is 0 Å². The van der Waals surface area contributed by atoms with E-state index in [-0.39, 0.29) is 0 Å². The summed E-state index contributed by atoms with van der Waals surface area (Å²) < 4.78 is 0. The number of hydrogen-bond acceptors (Lipinski definition) is 4. The maximum Gasteiger partial charge on any atom is 0.131 e. The fraction of sp³-hybridized carbons (Fsp3) is 0.611. The molecular formula is C108H162O4. The Kier molecular flexibility index (Phi) is 24.1. The van der Waals surface area contributed by atoms with E-state index in [0.717, 1.165) is 106 Å². The fourth-order valence-electron chi connectivity index (χ4n) is 18.9. The van der Waals surface area contributed by atoms with Crippen LogP contribution in [0, 0.1) is 40.0 Å². The standard InChI is InChI=1S/C108H162O4/c1-64-52-75(95(18,19)20)85(76(53-64)96(21,22)23)90(109)108(105(110,71-50-48-69(91(6,7)8)62-73(71)93(12,13)14)72-51-49-70(92(9,10)11)63-74(72)94(15,16)17,106(111,86-77(97(24,25)26)54-65(2)55-78(86)98(27,28)29)87-79(99(30,31)32)56-66(3)57-80(87)100(33,34)35)107(112,88-81(101(36,37)38)58-67(4)59-82(88)102(39,40)41)89-83(103(42,43)44)60-68(5)61-84(89)104(45,46)47/h48-63,90,109-112H,1-47H3. The maximum atomic E-state index is 19.8. The monoisotopic (exact) mass is 1520 g/mol. The van der Waals surface area contributed by atoms with E-state index in [9.17, 15) is 0 Å². The molecular weight excluding hydrogens is 1360 g/mol. The lowest BCUT2D eigenvalue weighted by Crippen LogP contribution is -2.74. The zero-order chi connectivity index (χ0) is 86.9. The molecule has 0 spiro atoms. The average molecular weight is 1520 g/mol. The van der Waals surface area contributed by atoms with Gasteiger partial charge in [0.05, 0.1) is 6.10 Å². The zero-order valence-electron chi connectivity index (χ0n) is 80.6. The molecule has 4 heteroatoms. The molecule has 4 N–H and O–H groups in total. The lowest BCUT2D eigenvalue weighted by molar-refractivity contribution is -0.300. The molecule has 0 aliphatic rings. The quantitative estimate of drug-likeness (QED) is 0.104. The highest BCUT2D eigenvalue weighted by molar-refractivity contribution is 5.71. The third-order valence-corrected chi connectivity index (χ3v) is 24.5. The van der Waals surface area contributed by atoms with Crippen LogP contribution in [0.1, 0.15) is 442 Å². The third kappa shape index (κ3) is 16.8. The average Bonchev–Trinajstić information content (AvgIpc) is 0.633. The minimum Gasteiger partial charge on any atom is -0.387 e. The maximum absolute atomic E-state index is 19.8. The molecule has 7 aromatic rings. The molecule has 112 heavy (non-hydrogen) atoms. The normalized spacial score (nSPS) is 14.9. The molecule has 0 aliphatic heterocycles. The molecule has 0 aliphatic carbocycles. The summed E-state index contributed by atoms with van der Waals surface area (Å²) in [5, 5.41) is 77.4. The number of aliphatic hydroxyl groups excluding tert-OH is 1. The molecule has 0 aromatic heterocycles. The number of hydrogen-bond donors (Lipinski definition) is 4. The number of benzene rings is 7. The van der Waals surface area contributed by atoms with Crippen LogP contribution in [-0.4, -0.2) is 20.4 Å². The van der Waals surface area contributed by atoms with Crippen LogP contribution in [-0.2, 0) is 92.6 Å². The third-order valence-electron chi connectivity index (χ3n) is 24.5. The highest BCUT2D eigenvalue weighted by Crippen LogP contribution is 2.77. The Morgan fingerprint density at radius 2 is 0.348 bits per heavy atom. The van der Waals surface area contributed by atoms with Crippen LogP contribution < -0.4 is 0 Å². The van der Waals surface area contributed by atoms with Crippen molar-refractivity contribution in [3.8, 4) is 0 Å². The SMILES string of the molecule is Cc1cc(C(C)(C)C)c(C(O)C(C(O)(c2ccc(C(C)(C)C)cc2C(C)(C)C)c2ccc(C(C)(C)C)cc2C(C)(C)C)(C(O)(c2c(C(C)(C)C)cc(C)cc2C(C)(C)C)c2c(C(C)(C)C)cc(C)cc2C(C)(C)C)C(O)(c2c(C(C)(C)C)cc(C)cc2C(C)(C)C)c2c(C(C)(C)C)cc(C)cc2C(C)(C)C)c(C(C)(C)C)c1. The Morgan fingerprint density at radius 1 is 0.188 bits per heavy atom. The lowest BCUT2D eigenvalue weighted by Gasteiger charge is -2.68. The van der Waals surface area contributed by atoms with Crippen LogP contribution in [0.15, 0.2) is 97.1 Å². The van der Waals surface area contributed by atoms with Gasteiger partial charge in [0.15, 0.2) is 0 Å². The minimum atomic E-state index is -3.01. The number of aliphatic hydroxyl groups is 4. The van der Waals surface area contributed by atoms with E-state index < -0.39 is 104 Å². The van der Waals surface area contributed by atoms with E-state index in [1.807, 2.05) is 0 Å². The summed E-state index contributed by atoms with van der Waals surface area (Å²) in [5.74, 6) is 0. The van der Waals surface area contributed by atoms with Crippen molar-refractivity contribution in [1.82, 2.24) is 0 Å². The van der Waals surface area contributed by atoms with E-state index in [1.165, 1.54) is 0 Å². The van der Waals surface area contributed by atoms with Crippen molar-refractivity contribution >= 4 is 0 Å². The number of rotatable bonds is 11. The van der Waals surface area contributed by atoms with Gasteiger partial charge in [-0.3, -0.25) is 0 Å². The topological polar surface area (TPSA) is 80.9 Å². The summed E-state index contributed by atoms with van der Waals surface area (Å²) in [5.41, 5.74) is -1.36. The van der Waals surface area contributed by atoms with Crippen LogP contribution >= 0.6 is 0 Å². The summed E-state index contributed by atoms with van der Waals surface area (Å²) in [6, 6.07) is 36.7. The Hall–Kier alpha value is -5.62. The van der Waals surface area contributed by atoms with Gasteiger partial charge >= 0.3 is 0 Å². The van der Waals surface area contributed by atoms with Crippen molar-refractivity contribution in [3.05, 3.63) is 242 Å². The second kappa shape index (κ2) is 28.9. The summed E-state index contributed by atoms with van der Waals surface area (Å²) in [7, 11) is 0. The van der Waals surface area contributed by atoms with Crippen LogP contribution in [0.5, 0.6) is 0 Å². The summed E-state index contributed by atoms with van der Waals surface area (Å²) in [6.07, 6.45) is -2.13. The molecule has 0 saturated carbocycles. The number of aryl methyl sites for hydroxylation is 5. The fourth-order valence-corrected chi connectivity index (χ4v) is 18.9. The van der Waals surface area contributed by atoms with Gasteiger partial charge in [0.1, 0.15) is 22.2 Å². The van der Waals surface area contributed by atoms with Gasteiger partial charge in [0.25, 0.3) is 0 Å². The first-order valence-corrected chi connectivity index (χ1v) is 42.5. The Labute approximate surface area is 687 Å². The van der Waals surface area contributed by atoms with Gasteiger partial charge in [-0.2, -0.15) is 0 Å². The molecule has 1 atom stereocenters. The highest BCUT2D eigenvalue weighted by atomic mass is 16.3. The smallest absolute Gasteiger partial charge is 0.131 e. The molecule has 618 valence electrons. The van der Waals surface area contributed by atoms with E-state index in [1.54, 1.807) is 0 Å². The summed E-state index contributed by atoms with van der Waals surface area (Å²) in [6.45, 7) is 107. The van der Waals surface area contributed by atoms with Crippen LogP contribution in [0.4, 0.5) is 0 Å². The summed E-state index contributed by atoms with van der Waals surface area (Å²) in [4.78, 5) is 0. The van der Waals surface area contributed by atoms with Gasteiger partial charge in [-0.05, 0) is 227 Å². The van der Waals surface area contributed by atoms with Crippen LogP contribution in [0.25, 0.3) is 0 Å². The van der Waals surface area contributed by atoms with Crippen molar-refractivity contribution < 1.29 is 20.4 Å². The Bertz CT molecular complexity index is 4080. The van der Waals surface area contributed by atoms with E-state index in [2.05, 4.69) is 422 Å². The molecule has 0 heterocycles. The molecule has 0 radical (unpaired) electrons. The molecule has 1 unspecified atom stereocenters. The van der Waals surface area contributed by atoms with Crippen LogP contribution in [0.2, 0.25) is 0 Å². The Balaban J connectivity index is 2.57. The first kappa shape index (κ1) is 93.5. The molecule has 7 rings (SSSR count). The first-order chi connectivity index (χ1) is 49.5. The van der Waals surface area contributed by atoms with Gasteiger partial charge in [-0.1, -0.05) is 416 Å². The van der Waals surface area contributed by atoms with Crippen molar-refractivity contribution in [2.24, 2.45) is 5.41 Å². The minimum absolute atomic E-state index is 0.419. The van der Waals surface area contributed by atoms with Gasteiger partial charge in [-0.15, -0.1) is 0 Å². The predicted molar refractivity (Wildman–Crippen MR) is 487 cm³/mol. The molecule has 0 amide bonds. The van der Waals surface area contributed by atoms with Gasteiger partial charge in [0.2, 0.25) is 0 Å². The summed E-state index contributed by atoms with van der Waals surface area (Å²) >= 11 is 0. The second-order valence-electron chi connectivity index (χ2n) is 49.6. The molecule has 0 saturated heterocycles. The Morgan fingerprint density at radius 3 is 0.500 bits per heavy atom. The lowest BCUT2D eigenvalue weighted by atomic mass is 9.37. The molecule has 0 fully saturated rings. The zero-order valence-corrected chi connectivity index (χ0v) is 80.6. The van der Waals surface area contributed by atoms with Crippen molar-refractivity contribution in [2.45, 2.75) is 424 Å². The predicted octanol–water partition coefficient (Wildman–Crippen LogP) is 28.2. The van der Waals surface area contributed by atoms with Crippen LogP contribution in [0.3, 0.4) is 0 Å². The van der Waals surface area contributed by atoms with E-state index in [0.29, 0.717) is 38.9 Å².